The van der Waals surface area contributed by atoms with E-state index < -0.39 is 25.9 Å². The van der Waals surface area contributed by atoms with E-state index in [9.17, 15) is 21.2 Å². The number of hydrogen-bond donors (Lipinski definition) is 1. The van der Waals surface area contributed by atoms with Gasteiger partial charge in [-0.3, -0.25) is 14.0 Å². The summed E-state index contributed by atoms with van der Waals surface area (Å²) in [5, 5.41) is 1.64. The van der Waals surface area contributed by atoms with Crippen molar-refractivity contribution in [3.05, 3.63) is 84.8 Å². The highest BCUT2D eigenvalue weighted by Gasteiger charge is 2.26. The van der Waals surface area contributed by atoms with Crippen LogP contribution in [0.2, 0.25) is 0 Å². The third-order valence-electron chi connectivity index (χ3n) is 5.93. The molecule has 1 fully saturated rings. The fraction of sp³-hybridized carbons (Fsp3) is 0.160. The zero-order chi connectivity index (χ0) is 24.6. The van der Waals surface area contributed by atoms with Crippen LogP contribution in [0.15, 0.2) is 83.9 Å². The molecule has 1 N–H and O–H groups in total. The number of rotatable bonds is 5. The van der Waals surface area contributed by atoms with Gasteiger partial charge in [0.2, 0.25) is 10.0 Å². The van der Waals surface area contributed by atoms with Crippen molar-refractivity contribution < 1.29 is 21.2 Å². The van der Waals surface area contributed by atoms with Crippen LogP contribution in [-0.2, 0) is 20.0 Å². The number of fused-ring (bicyclic) bond motifs is 1. The molecule has 0 amide bonds. The van der Waals surface area contributed by atoms with Gasteiger partial charge in [0.1, 0.15) is 5.82 Å². The summed E-state index contributed by atoms with van der Waals surface area (Å²) in [6, 6.07) is 18.9. The molecule has 0 radical (unpaired) electrons. The molecule has 1 aromatic heterocycles. The summed E-state index contributed by atoms with van der Waals surface area (Å²) in [6.45, 7) is 0.368. The fourth-order valence-corrected chi connectivity index (χ4v) is 6.88. The normalized spacial score (nSPS) is 15.7. The van der Waals surface area contributed by atoms with Crippen molar-refractivity contribution in [2.24, 2.45) is 0 Å². The van der Waals surface area contributed by atoms with E-state index >= 15 is 0 Å². The lowest BCUT2D eigenvalue weighted by atomic mass is 10.0. The van der Waals surface area contributed by atoms with Crippen molar-refractivity contribution in [3.8, 4) is 11.3 Å². The lowest BCUT2D eigenvalue weighted by molar-refractivity contribution is 0.574. The van der Waals surface area contributed by atoms with Crippen molar-refractivity contribution in [1.82, 2.24) is 4.98 Å². The molecule has 0 spiro atoms. The van der Waals surface area contributed by atoms with E-state index in [4.69, 9.17) is 0 Å². The molecule has 5 rings (SSSR count). The van der Waals surface area contributed by atoms with Crippen molar-refractivity contribution in [2.45, 2.75) is 17.7 Å². The summed E-state index contributed by atoms with van der Waals surface area (Å²) in [4.78, 5) is 4.29. The molecular formula is C25H22FN3O4S2. The van der Waals surface area contributed by atoms with Crippen LogP contribution in [0, 0.1) is 5.82 Å². The van der Waals surface area contributed by atoms with E-state index in [1.54, 1.807) is 6.20 Å². The van der Waals surface area contributed by atoms with Crippen LogP contribution >= 0.6 is 0 Å². The number of benzene rings is 3. The highest BCUT2D eigenvalue weighted by Crippen LogP contribution is 2.31. The highest BCUT2D eigenvalue weighted by atomic mass is 32.2. The predicted octanol–water partition coefficient (Wildman–Crippen LogP) is 4.77. The number of sulfonamides is 2. The summed E-state index contributed by atoms with van der Waals surface area (Å²) in [7, 11) is -7.40. The second kappa shape index (κ2) is 8.94. The summed E-state index contributed by atoms with van der Waals surface area (Å²) in [5.41, 5.74) is 1.19. The SMILES string of the molecule is O=S(=O)(Nc1ccc(F)c(-c2nccc3ccccc23)c1)c1ccc(N2CCCCS2(=O)=O)cc1. The first kappa shape index (κ1) is 23.3. The monoisotopic (exact) mass is 511 g/mol. The zero-order valence-electron chi connectivity index (χ0n) is 18.6. The third kappa shape index (κ3) is 4.59. The molecule has 7 nitrogen and oxygen atoms in total. The summed E-state index contributed by atoms with van der Waals surface area (Å²) < 4.78 is 69.2. The van der Waals surface area contributed by atoms with Crippen molar-refractivity contribution in [3.63, 3.8) is 0 Å². The number of halogens is 1. The van der Waals surface area contributed by atoms with Gasteiger partial charge in [-0.05, 0) is 66.8 Å². The quantitative estimate of drug-likeness (QED) is 0.416. The molecule has 0 aliphatic carbocycles. The lowest BCUT2D eigenvalue weighted by Crippen LogP contribution is -2.37. The Bertz CT molecular complexity index is 1620. The molecule has 1 aliphatic heterocycles. The molecular weight excluding hydrogens is 489 g/mol. The Morgan fingerprint density at radius 3 is 2.49 bits per heavy atom. The molecule has 0 bridgehead atoms. The Morgan fingerprint density at radius 1 is 0.943 bits per heavy atom. The number of pyridine rings is 1. The second-order valence-electron chi connectivity index (χ2n) is 8.27. The van der Waals surface area contributed by atoms with Gasteiger partial charge < -0.3 is 0 Å². The van der Waals surface area contributed by atoms with E-state index in [2.05, 4.69) is 9.71 Å². The molecule has 180 valence electrons. The van der Waals surface area contributed by atoms with Gasteiger partial charge in [-0.2, -0.15) is 0 Å². The molecule has 4 aromatic rings. The van der Waals surface area contributed by atoms with Gasteiger partial charge in [-0.15, -0.1) is 0 Å². The van der Waals surface area contributed by atoms with E-state index in [0.717, 1.165) is 17.2 Å². The standard InChI is InChI=1S/C25H22FN3O4S2/c26-24-12-7-19(17-23(24)25-22-6-2-1-5-18(22)13-14-27-25)28-35(32,33)21-10-8-20(9-11-21)29-15-3-4-16-34(29,30)31/h1-2,5-14,17,28H,3-4,15-16H2. The molecule has 10 heteroatoms. The molecule has 35 heavy (non-hydrogen) atoms. The van der Waals surface area contributed by atoms with Crippen LogP contribution in [0.5, 0.6) is 0 Å². The number of anilines is 2. The first-order chi connectivity index (χ1) is 16.7. The summed E-state index contributed by atoms with van der Waals surface area (Å²) >= 11 is 0. The fourth-order valence-electron chi connectivity index (χ4n) is 4.19. The van der Waals surface area contributed by atoms with E-state index in [1.165, 1.54) is 46.8 Å². The van der Waals surface area contributed by atoms with Gasteiger partial charge >= 0.3 is 0 Å². The molecule has 0 atom stereocenters. The van der Waals surface area contributed by atoms with Crippen LogP contribution in [0.3, 0.4) is 0 Å². The zero-order valence-corrected chi connectivity index (χ0v) is 20.2. The second-order valence-corrected chi connectivity index (χ2v) is 12.0. The Kier molecular flexibility index (Phi) is 5.94. The first-order valence-electron chi connectivity index (χ1n) is 11.0. The van der Waals surface area contributed by atoms with Crippen LogP contribution in [-0.4, -0.2) is 34.1 Å². The molecule has 1 aliphatic rings. The maximum atomic E-state index is 14.8. The highest BCUT2D eigenvalue weighted by molar-refractivity contribution is 7.93. The third-order valence-corrected chi connectivity index (χ3v) is 9.20. The minimum Gasteiger partial charge on any atom is -0.280 e. The summed E-state index contributed by atoms with van der Waals surface area (Å²) in [6.07, 6.45) is 2.94. The Labute approximate surface area is 203 Å². The van der Waals surface area contributed by atoms with Gasteiger partial charge in [0.15, 0.2) is 0 Å². The van der Waals surface area contributed by atoms with E-state index in [-0.39, 0.29) is 21.9 Å². The first-order valence-corrected chi connectivity index (χ1v) is 14.1. The molecule has 3 aromatic carbocycles. The predicted molar refractivity (Wildman–Crippen MR) is 135 cm³/mol. The number of hydrogen-bond acceptors (Lipinski definition) is 5. The van der Waals surface area contributed by atoms with Crippen molar-refractivity contribution >= 4 is 42.2 Å². The van der Waals surface area contributed by atoms with Crippen LogP contribution < -0.4 is 9.03 Å². The number of nitrogens with one attached hydrogen (secondary N) is 1. The minimum atomic E-state index is -4.00. The Balaban J connectivity index is 1.44. The smallest absolute Gasteiger partial charge is 0.261 e. The lowest BCUT2D eigenvalue weighted by Gasteiger charge is -2.28. The topological polar surface area (TPSA) is 96.4 Å². The van der Waals surface area contributed by atoms with Gasteiger partial charge in [0.05, 0.1) is 22.0 Å². The van der Waals surface area contributed by atoms with Gasteiger partial charge in [-0.1, -0.05) is 24.3 Å². The molecule has 0 saturated carbocycles. The maximum absolute atomic E-state index is 14.8. The minimum absolute atomic E-state index is 0.0372. The van der Waals surface area contributed by atoms with Crippen LogP contribution in [0.4, 0.5) is 15.8 Å². The average Bonchev–Trinajstić information content (AvgIpc) is 2.85. The van der Waals surface area contributed by atoms with Gasteiger partial charge in [0.25, 0.3) is 10.0 Å². The van der Waals surface area contributed by atoms with Crippen molar-refractivity contribution in [1.29, 1.82) is 0 Å². The van der Waals surface area contributed by atoms with Crippen LogP contribution in [0.25, 0.3) is 22.0 Å². The van der Waals surface area contributed by atoms with Gasteiger partial charge in [-0.25, -0.2) is 21.2 Å². The van der Waals surface area contributed by atoms with Crippen LogP contribution in [0.1, 0.15) is 12.8 Å². The van der Waals surface area contributed by atoms with E-state index in [1.807, 2.05) is 30.3 Å². The Hall–Kier alpha value is -3.50. The molecule has 1 saturated heterocycles. The number of nitrogens with zero attached hydrogens (tertiary/aromatic N) is 2. The maximum Gasteiger partial charge on any atom is 0.261 e. The summed E-state index contributed by atoms with van der Waals surface area (Å²) in [5.74, 6) is -0.448. The van der Waals surface area contributed by atoms with Gasteiger partial charge in [0, 0.05) is 29.4 Å². The Morgan fingerprint density at radius 2 is 1.71 bits per heavy atom. The van der Waals surface area contributed by atoms with Crippen molar-refractivity contribution in [2.75, 3.05) is 21.3 Å². The van der Waals surface area contributed by atoms with E-state index in [0.29, 0.717) is 24.3 Å². The molecule has 2 heterocycles. The average molecular weight is 512 g/mol. The molecule has 0 unspecified atom stereocenters. The number of aromatic nitrogens is 1. The largest absolute Gasteiger partial charge is 0.280 e.